The summed E-state index contributed by atoms with van der Waals surface area (Å²) < 4.78 is 11.2. The quantitative estimate of drug-likeness (QED) is 0.588. The van der Waals surface area contributed by atoms with E-state index in [0.717, 1.165) is 56.1 Å². The van der Waals surface area contributed by atoms with Crippen LogP contribution in [0.15, 0.2) is 11.1 Å². The second kappa shape index (κ2) is 6.84. The summed E-state index contributed by atoms with van der Waals surface area (Å²) in [4.78, 5) is 24.5. The lowest BCUT2D eigenvalue weighted by atomic mass is 9.35. The Morgan fingerprint density at radius 2 is 1.66 bits per heavy atom. The molecule has 5 aliphatic rings. The molecule has 5 nitrogen and oxygen atoms in total. The summed E-state index contributed by atoms with van der Waals surface area (Å²) >= 11 is 0. The van der Waals surface area contributed by atoms with Crippen molar-refractivity contribution in [2.24, 2.45) is 39.4 Å². The van der Waals surface area contributed by atoms with Gasteiger partial charge in [0.05, 0.1) is 6.10 Å². The summed E-state index contributed by atoms with van der Waals surface area (Å²) in [6, 6.07) is 0. The zero-order valence-corrected chi connectivity index (χ0v) is 20.6. The van der Waals surface area contributed by atoms with E-state index in [1.54, 1.807) is 0 Å². The third-order valence-corrected chi connectivity index (χ3v) is 11.2. The van der Waals surface area contributed by atoms with Crippen LogP contribution in [-0.4, -0.2) is 35.9 Å². The molecule has 0 radical (unpaired) electrons. The third-order valence-electron chi connectivity index (χ3n) is 11.2. The molecule has 0 spiro atoms. The van der Waals surface area contributed by atoms with Crippen LogP contribution in [0.4, 0.5) is 0 Å². The molecule has 5 rings (SSSR count). The van der Waals surface area contributed by atoms with Gasteiger partial charge in [0.2, 0.25) is 0 Å². The summed E-state index contributed by atoms with van der Waals surface area (Å²) in [6.45, 7) is 13.5. The fourth-order valence-corrected chi connectivity index (χ4v) is 9.84. The predicted octanol–water partition coefficient (Wildman–Crippen LogP) is 4.81. The van der Waals surface area contributed by atoms with E-state index < -0.39 is 11.5 Å². The SMILES string of the molecule is CC(=O)O[C@H]1CC[C@@]2(C)C(CC[C@@]3(C)[C@@H]4CCC5=C(C(=O)OC5)[C@@]4(C)[C@H](O)C[C@@H]32)C1(C)C. The van der Waals surface area contributed by atoms with E-state index in [1.807, 2.05) is 0 Å². The highest BCUT2D eigenvalue weighted by Crippen LogP contribution is 2.73. The average Bonchev–Trinajstić information content (AvgIpc) is 3.08. The van der Waals surface area contributed by atoms with Gasteiger partial charge in [-0.15, -0.1) is 0 Å². The van der Waals surface area contributed by atoms with Crippen LogP contribution in [0.2, 0.25) is 0 Å². The molecule has 3 saturated carbocycles. The van der Waals surface area contributed by atoms with E-state index >= 15 is 0 Å². The van der Waals surface area contributed by atoms with Crippen LogP contribution in [0, 0.1) is 39.4 Å². The third kappa shape index (κ3) is 2.66. The number of ether oxygens (including phenoxy) is 2. The molecule has 4 aliphatic carbocycles. The molecule has 8 atom stereocenters. The van der Waals surface area contributed by atoms with E-state index in [9.17, 15) is 14.7 Å². The molecule has 0 bridgehead atoms. The van der Waals surface area contributed by atoms with Crippen LogP contribution in [0.5, 0.6) is 0 Å². The topological polar surface area (TPSA) is 72.8 Å². The molecule has 5 heteroatoms. The van der Waals surface area contributed by atoms with Crippen molar-refractivity contribution in [1.29, 1.82) is 0 Å². The number of aliphatic hydroxyl groups is 1. The maximum absolute atomic E-state index is 12.7. The molecule has 1 heterocycles. The first-order chi connectivity index (χ1) is 14.9. The Balaban J connectivity index is 1.54. The molecule has 0 aromatic carbocycles. The van der Waals surface area contributed by atoms with Crippen molar-refractivity contribution in [3.8, 4) is 0 Å². The molecule has 3 fully saturated rings. The van der Waals surface area contributed by atoms with Crippen molar-refractivity contribution in [1.82, 2.24) is 0 Å². The van der Waals surface area contributed by atoms with Crippen LogP contribution in [0.1, 0.15) is 86.5 Å². The van der Waals surface area contributed by atoms with E-state index in [2.05, 4.69) is 34.6 Å². The highest BCUT2D eigenvalue weighted by molar-refractivity contribution is 5.93. The Hall–Kier alpha value is -1.36. The first kappa shape index (κ1) is 22.4. The van der Waals surface area contributed by atoms with Gasteiger partial charge in [0.15, 0.2) is 0 Å². The lowest BCUT2D eigenvalue weighted by Gasteiger charge is -2.70. The van der Waals surface area contributed by atoms with Crippen molar-refractivity contribution >= 4 is 11.9 Å². The van der Waals surface area contributed by atoms with Gasteiger partial charge in [0.1, 0.15) is 12.7 Å². The van der Waals surface area contributed by atoms with Crippen LogP contribution >= 0.6 is 0 Å². The number of fused-ring (bicyclic) bond motifs is 6. The van der Waals surface area contributed by atoms with Crippen LogP contribution in [0.3, 0.4) is 0 Å². The van der Waals surface area contributed by atoms with Crippen molar-refractivity contribution in [2.75, 3.05) is 6.61 Å². The molecule has 0 aromatic rings. The molecule has 1 unspecified atom stereocenters. The maximum atomic E-state index is 12.7. The number of esters is 2. The first-order valence-corrected chi connectivity index (χ1v) is 12.6. The number of carbonyl (C=O) groups excluding carboxylic acids is 2. The average molecular weight is 445 g/mol. The standard InChI is InChI=1S/C27H40O5/c1-15(28)32-21-10-12-25(4)17(24(21,2)3)9-11-26(5)18-8-7-16-14-31-23(30)22(16)27(18,6)20(29)13-19(25)26/h17-21,29H,7-14H2,1-6H3/t17?,18-,19+,20+,21-,25-,26-,27+/m0/s1. The van der Waals surface area contributed by atoms with Gasteiger partial charge in [-0.1, -0.05) is 34.6 Å². The molecule has 178 valence electrons. The van der Waals surface area contributed by atoms with Crippen LogP contribution in [-0.2, 0) is 19.1 Å². The van der Waals surface area contributed by atoms with Crippen molar-refractivity contribution in [3.05, 3.63) is 11.1 Å². The Kier molecular flexibility index (Phi) is 4.79. The molecular weight excluding hydrogens is 404 g/mol. The number of hydrogen-bond donors (Lipinski definition) is 1. The normalized spacial score (nSPS) is 49.3. The minimum atomic E-state index is -0.536. The fourth-order valence-electron chi connectivity index (χ4n) is 9.84. The molecule has 0 aromatic heterocycles. The Bertz CT molecular complexity index is 888. The minimum absolute atomic E-state index is 0.0446. The summed E-state index contributed by atoms with van der Waals surface area (Å²) in [5.74, 6) is 0.721. The zero-order chi connectivity index (χ0) is 23.3. The maximum Gasteiger partial charge on any atom is 0.335 e. The van der Waals surface area contributed by atoms with Gasteiger partial charge in [-0.25, -0.2) is 4.79 Å². The van der Waals surface area contributed by atoms with Gasteiger partial charge >= 0.3 is 11.9 Å². The lowest BCUT2D eigenvalue weighted by Crippen LogP contribution is -2.66. The van der Waals surface area contributed by atoms with Crippen molar-refractivity contribution < 1.29 is 24.2 Å². The highest BCUT2D eigenvalue weighted by Gasteiger charge is 2.69. The van der Waals surface area contributed by atoms with Gasteiger partial charge in [0.25, 0.3) is 0 Å². The molecule has 0 saturated heterocycles. The summed E-state index contributed by atoms with van der Waals surface area (Å²) in [5, 5.41) is 11.7. The first-order valence-electron chi connectivity index (χ1n) is 12.6. The van der Waals surface area contributed by atoms with E-state index in [4.69, 9.17) is 9.47 Å². The van der Waals surface area contributed by atoms with E-state index in [1.165, 1.54) is 6.92 Å². The highest BCUT2D eigenvalue weighted by atomic mass is 16.5. The van der Waals surface area contributed by atoms with Gasteiger partial charge in [-0.3, -0.25) is 4.79 Å². The molecular formula is C27H40O5. The Labute approximate surface area is 192 Å². The largest absolute Gasteiger partial charge is 0.462 e. The van der Waals surface area contributed by atoms with E-state index in [0.29, 0.717) is 18.4 Å². The van der Waals surface area contributed by atoms with Gasteiger partial charge in [0, 0.05) is 23.3 Å². The molecule has 0 amide bonds. The lowest BCUT2D eigenvalue weighted by molar-refractivity contribution is -0.236. The summed E-state index contributed by atoms with van der Waals surface area (Å²) in [5.41, 5.74) is 1.47. The fraction of sp³-hybridized carbons (Fsp3) is 0.852. The van der Waals surface area contributed by atoms with Crippen LogP contribution < -0.4 is 0 Å². The smallest absolute Gasteiger partial charge is 0.335 e. The second-order valence-corrected chi connectivity index (χ2v) is 12.8. The number of carbonyl (C=O) groups is 2. The monoisotopic (exact) mass is 444 g/mol. The summed E-state index contributed by atoms with van der Waals surface area (Å²) in [7, 11) is 0. The van der Waals surface area contributed by atoms with Crippen molar-refractivity contribution in [3.63, 3.8) is 0 Å². The van der Waals surface area contributed by atoms with Crippen molar-refractivity contribution in [2.45, 2.75) is 98.7 Å². The predicted molar refractivity (Wildman–Crippen MR) is 120 cm³/mol. The molecule has 32 heavy (non-hydrogen) atoms. The summed E-state index contributed by atoms with van der Waals surface area (Å²) in [6.07, 6.45) is 6.19. The number of rotatable bonds is 1. The minimum Gasteiger partial charge on any atom is -0.462 e. The zero-order valence-electron chi connectivity index (χ0n) is 20.6. The molecule has 1 N–H and O–H groups in total. The van der Waals surface area contributed by atoms with Crippen LogP contribution in [0.25, 0.3) is 0 Å². The van der Waals surface area contributed by atoms with Gasteiger partial charge in [-0.2, -0.15) is 0 Å². The number of hydrogen-bond acceptors (Lipinski definition) is 5. The molecule has 1 aliphatic heterocycles. The van der Waals surface area contributed by atoms with Gasteiger partial charge < -0.3 is 14.6 Å². The second-order valence-electron chi connectivity index (χ2n) is 12.8. The number of cyclic esters (lactones) is 1. The number of aliphatic hydroxyl groups excluding tert-OH is 1. The Morgan fingerprint density at radius 1 is 1.00 bits per heavy atom. The van der Waals surface area contributed by atoms with Gasteiger partial charge in [-0.05, 0) is 79.1 Å². The van der Waals surface area contributed by atoms with E-state index in [-0.39, 0.29) is 40.2 Å². The Morgan fingerprint density at radius 3 is 2.34 bits per heavy atom.